The molecular formula is C8H6BrN3NaO2S2. The number of thiol groups is 1. The molecule has 0 saturated heterocycles. The molecule has 85 valence electrons. The molecule has 5 nitrogen and oxygen atoms in total. The molecule has 1 aromatic heterocycles. The van der Waals surface area contributed by atoms with E-state index in [-0.39, 0.29) is 34.7 Å². The molecule has 1 N–H and O–H groups in total. The van der Waals surface area contributed by atoms with Crippen LogP contribution in [-0.4, -0.2) is 48.2 Å². The first-order chi connectivity index (χ1) is 7.65. The Morgan fingerprint density at radius 1 is 1.29 bits per heavy atom. The third-order valence-corrected chi connectivity index (χ3v) is 3.61. The summed E-state index contributed by atoms with van der Waals surface area (Å²) in [5, 5.41) is 8.56. The van der Waals surface area contributed by atoms with Crippen LogP contribution in [0.3, 0.4) is 0 Å². The summed E-state index contributed by atoms with van der Waals surface area (Å²) < 4.78 is 24.0. The van der Waals surface area contributed by atoms with Gasteiger partial charge in [-0.05, 0) is 12.1 Å². The number of hydrogen-bond acceptors (Lipinski definition) is 5. The zero-order valence-corrected chi connectivity index (χ0v) is 14.1. The Morgan fingerprint density at radius 2 is 2.06 bits per heavy atom. The van der Waals surface area contributed by atoms with Gasteiger partial charge in [0.2, 0.25) is 16.0 Å². The maximum atomic E-state index is 10.4. The second-order valence-electron chi connectivity index (χ2n) is 2.79. The summed E-state index contributed by atoms with van der Waals surface area (Å²) in [6.07, 6.45) is 0. The van der Waals surface area contributed by atoms with Gasteiger partial charge in [-0.3, -0.25) is 4.72 Å². The van der Waals surface area contributed by atoms with Gasteiger partial charge in [-0.15, -0.1) is 10.2 Å². The Bertz CT molecular complexity index is 580. The summed E-state index contributed by atoms with van der Waals surface area (Å²) in [6.45, 7) is 0. The number of benzene rings is 1. The molecular weight excluding hydrogens is 337 g/mol. The number of halogens is 1. The van der Waals surface area contributed by atoms with Crippen LogP contribution in [0.1, 0.15) is 0 Å². The van der Waals surface area contributed by atoms with E-state index >= 15 is 0 Å². The summed E-state index contributed by atoms with van der Waals surface area (Å²) in [5.41, 5.74) is 0.890. The zero-order valence-electron chi connectivity index (χ0n) is 8.75. The SMILES string of the molecule is O=[SH](=O)Nc1nnc(-c2cccc(Br)c2)s1.[Na]. The summed E-state index contributed by atoms with van der Waals surface area (Å²) in [4.78, 5) is 0. The van der Waals surface area contributed by atoms with Crippen LogP contribution in [0.15, 0.2) is 28.7 Å². The molecule has 1 radical (unpaired) electrons. The predicted octanol–water partition coefficient (Wildman–Crippen LogP) is 1.53. The molecule has 0 saturated carbocycles. The van der Waals surface area contributed by atoms with Crippen molar-refractivity contribution >= 4 is 72.8 Å². The second kappa shape index (κ2) is 6.81. The third-order valence-electron chi connectivity index (χ3n) is 1.68. The normalized spacial score (nSPS) is 10.0. The van der Waals surface area contributed by atoms with Gasteiger partial charge in [0.15, 0.2) is 0 Å². The zero-order chi connectivity index (χ0) is 11.5. The van der Waals surface area contributed by atoms with E-state index in [0.29, 0.717) is 5.01 Å². The molecule has 1 heterocycles. The van der Waals surface area contributed by atoms with E-state index in [1.807, 2.05) is 24.3 Å². The van der Waals surface area contributed by atoms with Crippen LogP contribution in [0.25, 0.3) is 10.6 Å². The Balaban J connectivity index is 0.00000144. The molecule has 0 aliphatic rings. The summed E-state index contributed by atoms with van der Waals surface area (Å²) in [5.74, 6) is 0. The number of aromatic nitrogens is 2. The minimum atomic E-state index is -2.69. The van der Waals surface area contributed by atoms with Crippen LogP contribution in [0.4, 0.5) is 5.13 Å². The van der Waals surface area contributed by atoms with Crippen LogP contribution in [0.5, 0.6) is 0 Å². The molecule has 0 aliphatic carbocycles. The van der Waals surface area contributed by atoms with E-state index in [1.54, 1.807) is 0 Å². The molecule has 0 spiro atoms. The van der Waals surface area contributed by atoms with E-state index in [4.69, 9.17) is 0 Å². The maximum absolute atomic E-state index is 10.4. The Morgan fingerprint density at radius 3 is 2.71 bits per heavy atom. The molecule has 0 aliphatic heterocycles. The van der Waals surface area contributed by atoms with Crippen molar-refractivity contribution in [2.75, 3.05) is 4.72 Å². The van der Waals surface area contributed by atoms with Crippen LogP contribution in [0.2, 0.25) is 0 Å². The molecule has 0 bridgehead atoms. The molecule has 1 aromatic carbocycles. The third kappa shape index (κ3) is 4.31. The summed E-state index contributed by atoms with van der Waals surface area (Å²) >= 11 is 4.54. The van der Waals surface area contributed by atoms with Crippen molar-refractivity contribution < 1.29 is 8.42 Å². The smallest absolute Gasteiger partial charge is 0.224 e. The van der Waals surface area contributed by atoms with E-state index in [2.05, 4.69) is 30.8 Å². The minimum absolute atomic E-state index is 0. The fraction of sp³-hybridized carbons (Fsp3) is 0. The van der Waals surface area contributed by atoms with Crippen molar-refractivity contribution in [3.05, 3.63) is 28.7 Å². The average Bonchev–Trinajstić information content (AvgIpc) is 2.65. The molecule has 2 aromatic rings. The molecule has 0 atom stereocenters. The fourth-order valence-electron chi connectivity index (χ4n) is 1.08. The average molecular weight is 343 g/mol. The predicted molar refractivity (Wildman–Crippen MR) is 72.7 cm³/mol. The van der Waals surface area contributed by atoms with Gasteiger partial charge in [-0.1, -0.05) is 39.4 Å². The quantitative estimate of drug-likeness (QED) is 0.655. The topological polar surface area (TPSA) is 72.0 Å². The van der Waals surface area contributed by atoms with E-state index in [0.717, 1.165) is 10.0 Å². The minimum Gasteiger partial charge on any atom is -0.259 e. The van der Waals surface area contributed by atoms with E-state index in [1.165, 1.54) is 11.3 Å². The van der Waals surface area contributed by atoms with Crippen LogP contribution in [0, 0.1) is 0 Å². The first-order valence-electron chi connectivity index (χ1n) is 4.15. The fourth-order valence-corrected chi connectivity index (χ4v) is 2.68. The van der Waals surface area contributed by atoms with Crippen molar-refractivity contribution in [3.8, 4) is 10.6 Å². The van der Waals surface area contributed by atoms with Gasteiger partial charge >= 0.3 is 0 Å². The molecule has 0 amide bonds. The number of nitrogens with zero attached hydrogens (tertiary/aromatic N) is 2. The van der Waals surface area contributed by atoms with Gasteiger partial charge in [0, 0.05) is 39.6 Å². The monoisotopic (exact) mass is 342 g/mol. The Hall–Kier alpha value is 0.0100. The molecule has 2 rings (SSSR count). The molecule has 9 heteroatoms. The maximum Gasteiger partial charge on any atom is 0.224 e. The Kier molecular flexibility index (Phi) is 6.04. The van der Waals surface area contributed by atoms with Crippen LogP contribution >= 0.6 is 27.3 Å². The van der Waals surface area contributed by atoms with Gasteiger partial charge in [-0.25, -0.2) is 8.42 Å². The van der Waals surface area contributed by atoms with E-state index < -0.39 is 10.9 Å². The first-order valence-corrected chi connectivity index (χ1v) is 6.94. The van der Waals surface area contributed by atoms with Crippen LogP contribution in [-0.2, 0) is 10.9 Å². The number of anilines is 1. The van der Waals surface area contributed by atoms with Crippen molar-refractivity contribution in [2.45, 2.75) is 0 Å². The Labute approximate surface area is 134 Å². The van der Waals surface area contributed by atoms with Crippen LogP contribution < -0.4 is 4.72 Å². The van der Waals surface area contributed by atoms with Crippen molar-refractivity contribution in [2.24, 2.45) is 0 Å². The van der Waals surface area contributed by atoms with Crippen molar-refractivity contribution in [3.63, 3.8) is 0 Å². The van der Waals surface area contributed by atoms with Gasteiger partial charge in [0.05, 0.1) is 0 Å². The van der Waals surface area contributed by atoms with Gasteiger partial charge in [0.25, 0.3) is 0 Å². The summed E-state index contributed by atoms with van der Waals surface area (Å²) in [6, 6.07) is 7.55. The van der Waals surface area contributed by atoms with Gasteiger partial charge < -0.3 is 0 Å². The number of hydrogen-bond donors (Lipinski definition) is 2. The largest absolute Gasteiger partial charge is 0.259 e. The second-order valence-corrected chi connectivity index (χ2v) is 5.42. The number of nitrogens with one attached hydrogen (secondary N) is 1. The van der Waals surface area contributed by atoms with Gasteiger partial charge in [-0.2, -0.15) is 0 Å². The molecule has 17 heavy (non-hydrogen) atoms. The van der Waals surface area contributed by atoms with Gasteiger partial charge in [0.1, 0.15) is 5.01 Å². The summed E-state index contributed by atoms with van der Waals surface area (Å²) in [7, 11) is -2.69. The van der Waals surface area contributed by atoms with Crippen molar-refractivity contribution in [1.82, 2.24) is 10.2 Å². The van der Waals surface area contributed by atoms with Crippen molar-refractivity contribution in [1.29, 1.82) is 0 Å². The first kappa shape index (κ1) is 15.1. The standard InChI is InChI=1S/C8H6BrN3O2S2.Na/c9-6-3-1-2-5(4-6)7-10-11-8(15-7)12-16(13)14;/h1-4,16H,(H,11,12,13,14);. The molecule has 0 fully saturated rings. The molecule has 0 unspecified atom stereocenters. The van der Waals surface area contributed by atoms with E-state index in [9.17, 15) is 8.42 Å². The number of rotatable bonds is 3.